The Hall–Kier alpha value is -2.42. The van der Waals surface area contributed by atoms with Crippen LogP contribution in [0.1, 0.15) is 48.7 Å². The smallest absolute Gasteiger partial charge is 0.0629 e. The lowest BCUT2D eigenvalue weighted by Crippen LogP contribution is -2.36. The lowest BCUT2D eigenvalue weighted by atomic mass is 9.95. The Morgan fingerprint density at radius 2 is 0.962 bits per heavy atom. The number of benzene rings is 3. The molecular formula is C24H27NO. The summed E-state index contributed by atoms with van der Waals surface area (Å²) in [5, 5.41) is 10.3. The zero-order valence-corrected chi connectivity index (χ0v) is 15.5. The highest BCUT2D eigenvalue weighted by molar-refractivity contribution is 5.26. The summed E-state index contributed by atoms with van der Waals surface area (Å²) in [6.07, 6.45) is 0. The van der Waals surface area contributed by atoms with Gasteiger partial charge in [0, 0.05) is 12.1 Å². The van der Waals surface area contributed by atoms with Crippen LogP contribution in [0.25, 0.3) is 0 Å². The number of hydrogen-bond donors (Lipinski definition) is 1. The van der Waals surface area contributed by atoms with Crippen molar-refractivity contribution >= 4 is 0 Å². The van der Waals surface area contributed by atoms with Crippen LogP contribution in [-0.2, 0) is 0 Å². The van der Waals surface area contributed by atoms with Crippen molar-refractivity contribution in [2.75, 3.05) is 6.61 Å². The highest BCUT2D eigenvalue weighted by Gasteiger charge is 2.30. The predicted molar refractivity (Wildman–Crippen MR) is 108 cm³/mol. The quantitative estimate of drug-likeness (QED) is 0.607. The fourth-order valence-corrected chi connectivity index (χ4v) is 3.73. The fourth-order valence-electron chi connectivity index (χ4n) is 3.73. The molecule has 3 rings (SSSR count). The molecule has 0 aliphatic rings. The van der Waals surface area contributed by atoms with E-state index in [1.807, 2.05) is 30.3 Å². The van der Waals surface area contributed by atoms with Crippen LogP contribution in [0.5, 0.6) is 0 Å². The molecule has 0 fully saturated rings. The van der Waals surface area contributed by atoms with Crippen LogP contribution in [0.2, 0.25) is 0 Å². The Morgan fingerprint density at radius 3 is 1.31 bits per heavy atom. The van der Waals surface area contributed by atoms with Gasteiger partial charge in [0.1, 0.15) is 0 Å². The zero-order valence-electron chi connectivity index (χ0n) is 15.5. The molecule has 0 saturated carbocycles. The minimum absolute atomic E-state index is 0.0680. The van der Waals surface area contributed by atoms with E-state index in [-0.39, 0.29) is 24.7 Å². The van der Waals surface area contributed by atoms with Gasteiger partial charge in [-0.15, -0.1) is 0 Å². The van der Waals surface area contributed by atoms with E-state index < -0.39 is 0 Å². The van der Waals surface area contributed by atoms with Gasteiger partial charge in [0.05, 0.1) is 12.6 Å². The maximum Gasteiger partial charge on any atom is 0.0629 e. The number of hydrogen-bond acceptors (Lipinski definition) is 2. The van der Waals surface area contributed by atoms with Gasteiger partial charge in [-0.05, 0) is 30.5 Å². The number of rotatable bonds is 7. The maximum atomic E-state index is 10.3. The van der Waals surface area contributed by atoms with Gasteiger partial charge < -0.3 is 5.11 Å². The van der Waals surface area contributed by atoms with E-state index in [9.17, 15) is 5.11 Å². The molecule has 0 bridgehead atoms. The predicted octanol–water partition coefficient (Wildman–Crippen LogP) is 5.54. The molecule has 134 valence electrons. The highest BCUT2D eigenvalue weighted by Crippen LogP contribution is 2.38. The van der Waals surface area contributed by atoms with E-state index in [2.05, 4.69) is 79.4 Å². The lowest BCUT2D eigenvalue weighted by Gasteiger charge is -2.41. The molecule has 0 aliphatic carbocycles. The highest BCUT2D eigenvalue weighted by atomic mass is 16.3. The third-order valence-corrected chi connectivity index (χ3v) is 5.18. The molecule has 2 nitrogen and oxygen atoms in total. The van der Waals surface area contributed by atoms with Crippen molar-refractivity contribution < 1.29 is 5.11 Å². The van der Waals surface area contributed by atoms with E-state index in [0.29, 0.717) is 0 Å². The van der Waals surface area contributed by atoms with Crippen LogP contribution in [0.4, 0.5) is 0 Å². The first-order chi connectivity index (χ1) is 12.7. The molecule has 0 radical (unpaired) electrons. The minimum Gasteiger partial charge on any atom is -0.394 e. The Morgan fingerprint density at radius 1 is 0.615 bits per heavy atom. The van der Waals surface area contributed by atoms with Crippen LogP contribution in [-0.4, -0.2) is 16.6 Å². The first-order valence-electron chi connectivity index (χ1n) is 9.25. The van der Waals surface area contributed by atoms with Gasteiger partial charge >= 0.3 is 0 Å². The van der Waals surface area contributed by atoms with Crippen molar-refractivity contribution in [2.24, 2.45) is 0 Å². The van der Waals surface area contributed by atoms with Gasteiger partial charge in [0.2, 0.25) is 0 Å². The lowest BCUT2D eigenvalue weighted by molar-refractivity contribution is 0.0525. The molecule has 1 N–H and O–H groups in total. The van der Waals surface area contributed by atoms with Crippen LogP contribution in [0.15, 0.2) is 91.0 Å². The average molecular weight is 345 g/mol. The summed E-state index contributed by atoms with van der Waals surface area (Å²) < 4.78 is 0. The molecular weight excluding hydrogens is 318 g/mol. The molecule has 0 spiro atoms. The molecule has 0 aromatic heterocycles. The Balaban J connectivity index is 2.03. The summed E-state index contributed by atoms with van der Waals surface area (Å²) in [4.78, 5) is 2.42. The molecule has 0 aliphatic heterocycles. The van der Waals surface area contributed by atoms with E-state index in [1.54, 1.807) is 0 Å². The van der Waals surface area contributed by atoms with Gasteiger partial charge in [-0.3, -0.25) is 4.90 Å². The first kappa shape index (κ1) is 18.4. The molecule has 0 heterocycles. The molecule has 3 aromatic carbocycles. The molecule has 3 aromatic rings. The molecule has 0 amide bonds. The summed E-state index contributed by atoms with van der Waals surface area (Å²) >= 11 is 0. The maximum absolute atomic E-state index is 10.3. The number of aliphatic hydroxyl groups is 1. The van der Waals surface area contributed by atoms with Crippen molar-refractivity contribution in [3.8, 4) is 0 Å². The molecule has 3 atom stereocenters. The van der Waals surface area contributed by atoms with Crippen molar-refractivity contribution in [3.63, 3.8) is 0 Å². The van der Waals surface area contributed by atoms with E-state index in [1.165, 1.54) is 11.1 Å². The minimum atomic E-state index is -0.0680. The topological polar surface area (TPSA) is 23.5 Å². The van der Waals surface area contributed by atoms with E-state index in [4.69, 9.17) is 0 Å². The summed E-state index contributed by atoms with van der Waals surface area (Å²) in [5.41, 5.74) is 3.65. The zero-order chi connectivity index (χ0) is 18.4. The van der Waals surface area contributed by atoms with Gasteiger partial charge in [0.15, 0.2) is 0 Å². The SMILES string of the molecule is C[C@H](c1ccccc1)N([C@H](C)c1ccccc1)[C@@H](CO)c1ccccc1. The van der Waals surface area contributed by atoms with Crippen molar-refractivity contribution in [3.05, 3.63) is 108 Å². The Kier molecular flexibility index (Phi) is 6.21. The van der Waals surface area contributed by atoms with Crippen LogP contribution in [0, 0.1) is 0 Å². The van der Waals surface area contributed by atoms with Crippen LogP contribution < -0.4 is 0 Å². The number of nitrogens with zero attached hydrogens (tertiary/aromatic N) is 1. The van der Waals surface area contributed by atoms with Crippen LogP contribution >= 0.6 is 0 Å². The summed E-state index contributed by atoms with van der Waals surface area (Å²) in [6, 6.07) is 31.6. The van der Waals surface area contributed by atoms with Gasteiger partial charge in [0.25, 0.3) is 0 Å². The summed E-state index contributed by atoms with van der Waals surface area (Å²) in [5.74, 6) is 0. The van der Waals surface area contributed by atoms with Gasteiger partial charge in [-0.25, -0.2) is 0 Å². The second-order valence-corrected chi connectivity index (χ2v) is 6.73. The fraction of sp³-hybridized carbons (Fsp3) is 0.250. The van der Waals surface area contributed by atoms with E-state index in [0.717, 1.165) is 5.56 Å². The number of aliphatic hydroxyl groups excluding tert-OH is 1. The standard InChI is InChI=1S/C24H27NO/c1-19(21-12-6-3-7-13-21)25(20(2)22-14-8-4-9-15-22)24(18-26)23-16-10-5-11-17-23/h3-17,19-20,24,26H,18H2,1-2H3/t19-,20-,24+/m1/s1. The van der Waals surface area contributed by atoms with Gasteiger partial charge in [-0.2, -0.15) is 0 Å². The molecule has 0 saturated heterocycles. The largest absolute Gasteiger partial charge is 0.394 e. The average Bonchev–Trinajstić information content (AvgIpc) is 2.73. The van der Waals surface area contributed by atoms with E-state index >= 15 is 0 Å². The molecule has 2 heteroatoms. The Labute approximate surface area is 156 Å². The van der Waals surface area contributed by atoms with Gasteiger partial charge in [-0.1, -0.05) is 91.0 Å². The second kappa shape index (κ2) is 8.79. The van der Waals surface area contributed by atoms with Crippen molar-refractivity contribution in [1.29, 1.82) is 0 Å². The molecule has 26 heavy (non-hydrogen) atoms. The summed E-state index contributed by atoms with van der Waals surface area (Å²) in [6.45, 7) is 4.53. The monoisotopic (exact) mass is 345 g/mol. The first-order valence-corrected chi connectivity index (χ1v) is 9.25. The molecule has 0 unspecified atom stereocenters. The van der Waals surface area contributed by atoms with Crippen molar-refractivity contribution in [1.82, 2.24) is 4.90 Å². The normalized spacial score (nSPS) is 14.8. The third-order valence-electron chi connectivity index (χ3n) is 5.18. The Bertz CT molecular complexity index is 728. The summed E-state index contributed by atoms with van der Waals surface area (Å²) in [7, 11) is 0. The van der Waals surface area contributed by atoms with Crippen molar-refractivity contribution in [2.45, 2.75) is 32.0 Å². The van der Waals surface area contributed by atoms with Crippen LogP contribution in [0.3, 0.4) is 0 Å². The second-order valence-electron chi connectivity index (χ2n) is 6.73. The third kappa shape index (κ3) is 4.04.